The highest BCUT2D eigenvalue weighted by Crippen LogP contribution is 2.37. The first-order chi connectivity index (χ1) is 9.93. The van der Waals surface area contributed by atoms with Gasteiger partial charge in [0.1, 0.15) is 12.1 Å². The molecule has 0 aromatic heterocycles. The van der Waals surface area contributed by atoms with Crippen molar-refractivity contribution in [1.29, 1.82) is 0 Å². The van der Waals surface area contributed by atoms with E-state index in [1.807, 2.05) is 0 Å². The van der Waals surface area contributed by atoms with Crippen molar-refractivity contribution in [1.82, 2.24) is 10.2 Å². The van der Waals surface area contributed by atoms with Crippen molar-refractivity contribution >= 4 is 23.8 Å². The lowest BCUT2D eigenvalue weighted by molar-refractivity contribution is -0.151. The maximum atomic E-state index is 12.1. The zero-order valence-electron chi connectivity index (χ0n) is 12.1. The number of imide groups is 1. The van der Waals surface area contributed by atoms with E-state index in [1.165, 1.54) is 7.05 Å². The average Bonchev–Trinajstić information content (AvgIpc) is 2.94. The molecule has 2 aliphatic rings. The molecule has 2 saturated heterocycles. The molecule has 2 amide bonds. The van der Waals surface area contributed by atoms with Crippen LogP contribution in [-0.4, -0.2) is 61.0 Å². The number of likely N-dealkylation sites (tertiary alicyclic amines) is 1. The molecule has 8 heteroatoms. The van der Waals surface area contributed by atoms with E-state index in [0.29, 0.717) is 0 Å². The summed E-state index contributed by atoms with van der Waals surface area (Å²) >= 11 is 0. The molecule has 2 aliphatic heterocycles. The molecule has 2 rings (SSSR count). The minimum atomic E-state index is -1.01. The Kier molecular flexibility index (Phi) is 4.26. The van der Waals surface area contributed by atoms with Gasteiger partial charge in [-0.1, -0.05) is 0 Å². The Bertz CT molecular complexity index is 449. The Morgan fingerprint density at radius 3 is 1.71 bits per heavy atom. The maximum Gasteiger partial charge on any atom is 0.324 e. The minimum Gasteiger partial charge on any atom is -0.465 e. The quantitative estimate of drug-likeness (QED) is 0.507. The zero-order valence-corrected chi connectivity index (χ0v) is 12.1. The molecule has 4 atom stereocenters. The van der Waals surface area contributed by atoms with Crippen molar-refractivity contribution in [3.05, 3.63) is 0 Å². The molecule has 0 aliphatic carbocycles. The van der Waals surface area contributed by atoms with Gasteiger partial charge in [0.2, 0.25) is 11.8 Å². The van der Waals surface area contributed by atoms with Crippen LogP contribution in [0, 0.1) is 11.8 Å². The minimum absolute atomic E-state index is 0.149. The Hall–Kier alpha value is -1.96. The summed E-state index contributed by atoms with van der Waals surface area (Å²) in [4.78, 5) is 49.2. The van der Waals surface area contributed by atoms with E-state index in [-0.39, 0.29) is 13.2 Å². The summed E-state index contributed by atoms with van der Waals surface area (Å²) in [6.45, 7) is 3.58. The first kappa shape index (κ1) is 15.4. The number of carbonyl (C=O) groups excluding carboxylic acids is 4. The van der Waals surface area contributed by atoms with Crippen LogP contribution in [0.15, 0.2) is 0 Å². The number of nitrogens with one attached hydrogen (secondary N) is 1. The maximum absolute atomic E-state index is 12.1. The van der Waals surface area contributed by atoms with Gasteiger partial charge in [0.15, 0.2) is 0 Å². The third kappa shape index (κ3) is 2.39. The van der Waals surface area contributed by atoms with Crippen LogP contribution in [0.4, 0.5) is 0 Å². The molecule has 0 bridgehead atoms. The highest BCUT2D eigenvalue weighted by atomic mass is 16.5. The van der Waals surface area contributed by atoms with Crippen LogP contribution in [0.5, 0.6) is 0 Å². The molecular formula is C13H18N2O6. The van der Waals surface area contributed by atoms with Gasteiger partial charge in [-0.2, -0.15) is 0 Å². The lowest BCUT2D eigenvalue weighted by Crippen LogP contribution is -2.47. The van der Waals surface area contributed by atoms with Gasteiger partial charge in [-0.3, -0.25) is 29.4 Å². The van der Waals surface area contributed by atoms with Gasteiger partial charge in [-0.15, -0.1) is 0 Å². The second-order valence-electron chi connectivity index (χ2n) is 4.91. The van der Waals surface area contributed by atoms with Gasteiger partial charge in [-0.25, -0.2) is 0 Å². The van der Waals surface area contributed by atoms with Gasteiger partial charge >= 0.3 is 11.9 Å². The lowest BCUT2D eigenvalue weighted by atomic mass is 9.89. The van der Waals surface area contributed by atoms with Crippen molar-refractivity contribution in [3.63, 3.8) is 0 Å². The third-order valence-electron chi connectivity index (χ3n) is 3.78. The number of fused-ring (bicyclic) bond motifs is 1. The topological polar surface area (TPSA) is 102 Å². The number of ether oxygens (including phenoxy) is 2. The van der Waals surface area contributed by atoms with Gasteiger partial charge in [0.05, 0.1) is 25.0 Å². The molecule has 21 heavy (non-hydrogen) atoms. The summed E-state index contributed by atoms with van der Waals surface area (Å²) < 4.78 is 9.81. The molecule has 2 fully saturated rings. The van der Waals surface area contributed by atoms with Crippen LogP contribution < -0.4 is 5.32 Å². The Labute approximate surface area is 121 Å². The van der Waals surface area contributed by atoms with E-state index in [2.05, 4.69) is 5.32 Å². The molecule has 1 N–H and O–H groups in total. The van der Waals surface area contributed by atoms with Crippen LogP contribution in [0.25, 0.3) is 0 Å². The van der Waals surface area contributed by atoms with E-state index in [0.717, 1.165) is 4.90 Å². The van der Waals surface area contributed by atoms with Crippen LogP contribution in [0.2, 0.25) is 0 Å². The molecule has 0 spiro atoms. The van der Waals surface area contributed by atoms with E-state index in [4.69, 9.17) is 9.47 Å². The number of esters is 2. The van der Waals surface area contributed by atoms with E-state index >= 15 is 0 Å². The first-order valence-electron chi connectivity index (χ1n) is 6.84. The molecule has 2 heterocycles. The summed E-state index contributed by atoms with van der Waals surface area (Å²) in [5.74, 6) is -4.09. The molecule has 0 radical (unpaired) electrons. The Morgan fingerprint density at radius 1 is 1.00 bits per heavy atom. The Morgan fingerprint density at radius 2 is 1.38 bits per heavy atom. The molecule has 0 unspecified atom stereocenters. The number of carbonyl (C=O) groups is 4. The predicted octanol–water partition coefficient (Wildman–Crippen LogP) is -1.32. The van der Waals surface area contributed by atoms with Gasteiger partial charge in [0.25, 0.3) is 0 Å². The van der Waals surface area contributed by atoms with Crippen molar-refractivity contribution in [2.75, 3.05) is 20.3 Å². The number of hydrogen-bond donors (Lipinski definition) is 1. The van der Waals surface area contributed by atoms with E-state index in [1.54, 1.807) is 13.8 Å². The summed E-state index contributed by atoms with van der Waals surface area (Å²) in [6, 6.07) is -2.02. The van der Waals surface area contributed by atoms with Crippen molar-refractivity contribution in [2.45, 2.75) is 25.9 Å². The van der Waals surface area contributed by atoms with Crippen LogP contribution >= 0.6 is 0 Å². The number of hydrogen-bond acceptors (Lipinski definition) is 7. The largest absolute Gasteiger partial charge is 0.465 e. The van der Waals surface area contributed by atoms with Crippen molar-refractivity contribution < 1.29 is 28.7 Å². The standard InChI is InChI=1S/C13H18N2O6/c1-4-20-12(18)8-6-7(11(17)15(3)10(6)16)9(14-8)13(19)21-5-2/h6-9,14H,4-5H2,1-3H3/t6-,7+,8-,9-/m1/s1. The van der Waals surface area contributed by atoms with Crippen LogP contribution in [0.1, 0.15) is 13.8 Å². The summed E-state index contributed by atoms with van der Waals surface area (Å²) in [5.41, 5.74) is 0. The molecule has 116 valence electrons. The zero-order chi connectivity index (χ0) is 15.7. The molecule has 0 aromatic rings. The number of amides is 2. The molecular weight excluding hydrogens is 280 g/mol. The fraction of sp³-hybridized carbons (Fsp3) is 0.692. The second kappa shape index (κ2) is 5.80. The highest BCUT2D eigenvalue weighted by molar-refractivity contribution is 6.10. The molecule has 0 saturated carbocycles. The number of rotatable bonds is 4. The highest BCUT2D eigenvalue weighted by Gasteiger charge is 2.62. The van der Waals surface area contributed by atoms with Crippen LogP contribution in [0.3, 0.4) is 0 Å². The fourth-order valence-corrected chi connectivity index (χ4v) is 2.86. The Balaban J connectivity index is 2.31. The fourth-order valence-electron chi connectivity index (χ4n) is 2.86. The second-order valence-corrected chi connectivity index (χ2v) is 4.91. The van der Waals surface area contributed by atoms with Crippen molar-refractivity contribution in [2.24, 2.45) is 11.8 Å². The summed E-state index contributed by atoms with van der Waals surface area (Å²) in [5, 5.41) is 2.73. The monoisotopic (exact) mass is 298 g/mol. The average molecular weight is 298 g/mol. The van der Waals surface area contributed by atoms with E-state index in [9.17, 15) is 19.2 Å². The molecule has 8 nitrogen and oxygen atoms in total. The number of nitrogens with zero attached hydrogens (tertiary/aromatic N) is 1. The van der Waals surface area contributed by atoms with Crippen LogP contribution in [-0.2, 0) is 28.7 Å². The lowest BCUT2D eigenvalue weighted by Gasteiger charge is -2.18. The first-order valence-corrected chi connectivity index (χ1v) is 6.84. The van der Waals surface area contributed by atoms with E-state index < -0.39 is 47.7 Å². The van der Waals surface area contributed by atoms with Crippen molar-refractivity contribution in [3.8, 4) is 0 Å². The molecule has 0 aromatic carbocycles. The van der Waals surface area contributed by atoms with Gasteiger partial charge in [0, 0.05) is 7.05 Å². The predicted molar refractivity (Wildman–Crippen MR) is 68.7 cm³/mol. The smallest absolute Gasteiger partial charge is 0.324 e. The third-order valence-corrected chi connectivity index (χ3v) is 3.78. The SMILES string of the molecule is CCOC(=O)[C@@H]1N[C@@H](C(=O)OCC)[C@H]2C(=O)N(C)C(=O)[C@H]21. The summed E-state index contributed by atoms with van der Waals surface area (Å²) in [7, 11) is 1.34. The summed E-state index contributed by atoms with van der Waals surface area (Å²) in [6.07, 6.45) is 0. The van der Waals surface area contributed by atoms with Gasteiger partial charge < -0.3 is 9.47 Å². The normalized spacial score (nSPS) is 31.3. The van der Waals surface area contributed by atoms with Gasteiger partial charge in [-0.05, 0) is 13.8 Å².